The van der Waals surface area contributed by atoms with E-state index in [-0.39, 0.29) is 23.3 Å². The van der Waals surface area contributed by atoms with Gasteiger partial charge in [-0.3, -0.25) is 4.18 Å². The maximum Gasteiger partial charge on any atom is 0.335 e. The first-order chi connectivity index (χ1) is 13.8. The highest BCUT2D eigenvalue weighted by Gasteiger charge is 2.51. The van der Waals surface area contributed by atoms with Crippen molar-refractivity contribution in [3.8, 4) is 0 Å². The number of hydrogen-bond acceptors (Lipinski definition) is 5. The van der Waals surface area contributed by atoms with Gasteiger partial charge in [-0.15, -0.1) is 0 Å². The molecule has 0 atom stereocenters. The molecule has 5 rings (SSSR count). The number of ether oxygens (including phenoxy) is 1. The average molecular weight is 416 g/mol. The summed E-state index contributed by atoms with van der Waals surface area (Å²) in [6, 6.07) is 15.9. The summed E-state index contributed by atoms with van der Waals surface area (Å²) in [7, 11) is -3.66. The van der Waals surface area contributed by atoms with E-state index in [2.05, 4.69) is 0 Å². The zero-order chi connectivity index (χ0) is 20.5. The van der Waals surface area contributed by atoms with Gasteiger partial charge < -0.3 is 9.84 Å². The first kappa shape index (κ1) is 20.1. The number of fused-ring (bicyclic) bond motifs is 3. The zero-order valence-electron chi connectivity index (χ0n) is 16.0. The van der Waals surface area contributed by atoms with Crippen LogP contribution in [0.4, 0.5) is 0 Å². The molecule has 3 aliphatic rings. The molecule has 2 saturated heterocycles. The number of carbonyl (C=O) groups is 1. The molecule has 154 valence electrons. The summed E-state index contributed by atoms with van der Waals surface area (Å²) < 4.78 is 36.4. The largest absolute Gasteiger partial charge is 0.478 e. The summed E-state index contributed by atoms with van der Waals surface area (Å²) in [5.74, 6) is -1.08. The number of carboxylic acid groups (broad SMARTS) is 1. The molecular weight excluding hydrogens is 392 g/mol. The van der Waals surface area contributed by atoms with Crippen molar-refractivity contribution in [2.45, 2.75) is 37.0 Å². The maximum absolute atomic E-state index is 12.4. The van der Waals surface area contributed by atoms with Crippen LogP contribution in [0, 0.1) is 5.41 Å². The van der Waals surface area contributed by atoms with Crippen molar-refractivity contribution in [1.82, 2.24) is 0 Å². The molecule has 1 aliphatic carbocycles. The molecule has 2 aliphatic heterocycles. The minimum atomic E-state index is -3.66. The van der Waals surface area contributed by atoms with E-state index in [1.165, 1.54) is 0 Å². The molecule has 0 unspecified atom stereocenters. The van der Waals surface area contributed by atoms with E-state index in [1.54, 1.807) is 24.3 Å². The molecule has 2 bridgehead atoms. The van der Waals surface area contributed by atoms with E-state index in [0.29, 0.717) is 12.2 Å². The van der Waals surface area contributed by atoms with Crippen LogP contribution in [0.15, 0.2) is 54.6 Å². The SMILES string of the molecule is O=C(O)c1ccc(C23CCC(COS(=O)(=O)Cc4ccccc4)(CC2)CO3)cc1. The summed E-state index contributed by atoms with van der Waals surface area (Å²) in [6.07, 6.45) is 3.16. The average Bonchev–Trinajstić information content (AvgIpc) is 2.74. The second kappa shape index (κ2) is 7.55. The molecule has 0 spiro atoms. The Balaban J connectivity index is 1.39. The fourth-order valence-electron chi connectivity index (χ4n) is 4.27. The smallest absolute Gasteiger partial charge is 0.335 e. The summed E-state index contributed by atoms with van der Waals surface area (Å²) in [6.45, 7) is 0.574. The number of carboxylic acids is 1. The van der Waals surface area contributed by atoms with E-state index in [9.17, 15) is 13.2 Å². The Morgan fingerprint density at radius 1 is 1.00 bits per heavy atom. The van der Waals surface area contributed by atoms with Gasteiger partial charge in [0.1, 0.15) is 5.75 Å². The van der Waals surface area contributed by atoms with Gasteiger partial charge >= 0.3 is 5.97 Å². The van der Waals surface area contributed by atoms with Crippen LogP contribution >= 0.6 is 0 Å². The fraction of sp³-hybridized carbons (Fsp3) is 0.409. The van der Waals surface area contributed by atoms with Crippen LogP contribution in [0.25, 0.3) is 0 Å². The first-order valence-corrected chi connectivity index (χ1v) is 11.3. The Morgan fingerprint density at radius 2 is 1.66 bits per heavy atom. The Morgan fingerprint density at radius 3 is 2.21 bits per heavy atom. The van der Waals surface area contributed by atoms with Crippen LogP contribution in [-0.4, -0.2) is 32.7 Å². The molecule has 2 aromatic rings. The predicted octanol–water partition coefficient (Wildman–Crippen LogP) is 3.72. The van der Waals surface area contributed by atoms with Gasteiger partial charge in [0.15, 0.2) is 0 Å². The van der Waals surface area contributed by atoms with Crippen molar-refractivity contribution in [1.29, 1.82) is 0 Å². The minimum absolute atomic E-state index is 0.134. The fourth-order valence-corrected chi connectivity index (χ4v) is 5.39. The summed E-state index contributed by atoms with van der Waals surface area (Å²) in [5, 5.41) is 9.07. The lowest BCUT2D eigenvalue weighted by Crippen LogP contribution is -2.51. The van der Waals surface area contributed by atoms with E-state index in [0.717, 1.165) is 31.2 Å². The van der Waals surface area contributed by atoms with Crippen LogP contribution < -0.4 is 0 Å². The van der Waals surface area contributed by atoms with Gasteiger partial charge in [0.2, 0.25) is 0 Å². The van der Waals surface area contributed by atoms with E-state index in [1.807, 2.05) is 30.3 Å². The molecule has 0 radical (unpaired) electrons. The lowest BCUT2D eigenvalue weighted by molar-refractivity contribution is -0.197. The summed E-state index contributed by atoms with van der Waals surface area (Å²) in [4.78, 5) is 11.1. The molecule has 3 fully saturated rings. The highest BCUT2D eigenvalue weighted by Crippen LogP contribution is 2.53. The molecule has 0 aromatic heterocycles. The van der Waals surface area contributed by atoms with Crippen LogP contribution in [0.3, 0.4) is 0 Å². The second-order valence-electron chi connectivity index (χ2n) is 8.12. The second-order valence-corrected chi connectivity index (χ2v) is 9.76. The Kier molecular flexibility index (Phi) is 5.23. The van der Waals surface area contributed by atoms with Crippen LogP contribution in [0.5, 0.6) is 0 Å². The van der Waals surface area contributed by atoms with Gasteiger partial charge in [0, 0.05) is 5.41 Å². The van der Waals surface area contributed by atoms with Crippen molar-refractivity contribution in [3.05, 3.63) is 71.3 Å². The Labute approximate surface area is 170 Å². The third kappa shape index (κ3) is 4.22. The third-order valence-corrected chi connectivity index (χ3v) is 7.33. The number of hydrogen-bond donors (Lipinski definition) is 1. The molecule has 1 N–H and O–H groups in total. The first-order valence-electron chi connectivity index (χ1n) is 9.70. The molecule has 2 aromatic carbocycles. The van der Waals surface area contributed by atoms with Gasteiger partial charge in [-0.05, 0) is 48.9 Å². The number of rotatable bonds is 7. The lowest BCUT2D eigenvalue weighted by Gasteiger charge is -2.53. The highest BCUT2D eigenvalue weighted by atomic mass is 32.2. The van der Waals surface area contributed by atoms with E-state index >= 15 is 0 Å². The molecule has 1 saturated carbocycles. The van der Waals surface area contributed by atoms with Gasteiger partial charge in [-0.1, -0.05) is 42.5 Å². The monoisotopic (exact) mass is 416 g/mol. The van der Waals surface area contributed by atoms with Crippen molar-refractivity contribution in [3.63, 3.8) is 0 Å². The van der Waals surface area contributed by atoms with Crippen molar-refractivity contribution >= 4 is 16.1 Å². The quantitative estimate of drug-likeness (QED) is 0.692. The van der Waals surface area contributed by atoms with Gasteiger partial charge in [0.05, 0.1) is 24.4 Å². The maximum atomic E-state index is 12.4. The normalized spacial score (nSPS) is 26.3. The third-order valence-electron chi connectivity index (χ3n) is 6.16. The van der Waals surface area contributed by atoms with Crippen molar-refractivity contribution < 1.29 is 27.2 Å². The number of benzene rings is 2. The van der Waals surface area contributed by atoms with Crippen LogP contribution in [-0.2, 0) is 30.4 Å². The van der Waals surface area contributed by atoms with Gasteiger partial charge in [-0.2, -0.15) is 8.42 Å². The highest BCUT2D eigenvalue weighted by molar-refractivity contribution is 7.85. The van der Waals surface area contributed by atoms with Crippen molar-refractivity contribution in [2.24, 2.45) is 5.41 Å². The van der Waals surface area contributed by atoms with Crippen LogP contribution in [0.1, 0.15) is 47.2 Å². The van der Waals surface area contributed by atoms with E-state index in [4.69, 9.17) is 14.0 Å². The predicted molar refractivity (Wildman–Crippen MR) is 107 cm³/mol. The van der Waals surface area contributed by atoms with Crippen molar-refractivity contribution in [2.75, 3.05) is 13.2 Å². The van der Waals surface area contributed by atoms with Gasteiger partial charge in [0.25, 0.3) is 10.1 Å². The lowest BCUT2D eigenvalue weighted by atomic mass is 9.64. The topological polar surface area (TPSA) is 89.9 Å². The van der Waals surface area contributed by atoms with E-state index < -0.39 is 21.7 Å². The molecule has 29 heavy (non-hydrogen) atoms. The molecule has 2 heterocycles. The van der Waals surface area contributed by atoms with Crippen LogP contribution in [0.2, 0.25) is 0 Å². The van der Waals surface area contributed by atoms with Gasteiger partial charge in [-0.25, -0.2) is 4.79 Å². The Bertz CT molecular complexity index is 957. The molecule has 7 heteroatoms. The number of aromatic carboxylic acids is 1. The molecular formula is C22H24O6S. The summed E-state index contributed by atoms with van der Waals surface area (Å²) in [5.41, 5.74) is 1.24. The standard InChI is InChI=1S/C22H24O6S/c23-20(24)18-6-8-19(9-7-18)22-12-10-21(11-13-22,15-27-22)16-28-29(25,26)14-17-4-2-1-3-5-17/h1-9H,10-16H2,(H,23,24). The molecule has 0 amide bonds. The summed E-state index contributed by atoms with van der Waals surface area (Å²) >= 11 is 0. The zero-order valence-corrected chi connectivity index (χ0v) is 16.9. The minimum Gasteiger partial charge on any atom is -0.478 e. The molecule has 6 nitrogen and oxygen atoms in total. The Hall–Kier alpha value is -2.22.